The molecule has 3 aromatic carbocycles. The van der Waals surface area contributed by atoms with E-state index in [2.05, 4.69) is 4.98 Å². The maximum Gasteiger partial charge on any atom is 0.330 e. The Bertz CT molecular complexity index is 1590. The van der Waals surface area contributed by atoms with E-state index in [9.17, 15) is 14.7 Å². The molecule has 0 saturated carbocycles. The van der Waals surface area contributed by atoms with Gasteiger partial charge in [0.1, 0.15) is 35.4 Å². The smallest absolute Gasteiger partial charge is 0.330 e. The quantitative estimate of drug-likeness (QED) is 0.208. The van der Waals surface area contributed by atoms with Crippen molar-refractivity contribution in [3.63, 3.8) is 0 Å². The lowest BCUT2D eigenvalue weighted by Crippen LogP contribution is -2.41. The van der Waals surface area contributed by atoms with E-state index in [0.29, 0.717) is 17.1 Å². The maximum atomic E-state index is 12.8. The Morgan fingerprint density at radius 3 is 2.02 bits per heavy atom. The van der Waals surface area contributed by atoms with E-state index in [1.54, 1.807) is 21.1 Å². The Labute approximate surface area is 254 Å². The van der Waals surface area contributed by atoms with Crippen molar-refractivity contribution >= 4 is 0 Å². The number of benzene rings is 3. The lowest BCUT2D eigenvalue weighted by molar-refractivity contribution is -0.0979. The van der Waals surface area contributed by atoms with Crippen LogP contribution in [0.3, 0.4) is 0 Å². The fourth-order valence-electron chi connectivity index (χ4n) is 5.52. The van der Waals surface area contributed by atoms with Gasteiger partial charge in [0, 0.05) is 18.3 Å². The summed E-state index contributed by atoms with van der Waals surface area (Å²) in [6.45, 7) is 1.80. The van der Waals surface area contributed by atoms with Gasteiger partial charge in [-0.05, 0) is 47.9 Å². The van der Waals surface area contributed by atoms with Gasteiger partial charge in [-0.3, -0.25) is 14.3 Å². The number of nitrogens with one attached hydrogen (secondary N) is 1. The first-order valence-corrected chi connectivity index (χ1v) is 14.3. The van der Waals surface area contributed by atoms with Crippen LogP contribution in [0.2, 0.25) is 0 Å². The molecule has 4 aromatic rings. The third kappa shape index (κ3) is 6.05. The molecule has 1 aliphatic heterocycles. The van der Waals surface area contributed by atoms with Crippen LogP contribution in [-0.2, 0) is 19.8 Å². The molecule has 11 heteroatoms. The summed E-state index contributed by atoms with van der Waals surface area (Å²) in [6.07, 6.45) is -2.71. The second-order valence-electron chi connectivity index (χ2n) is 10.5. The van der Waals surface area contributed by atoms with Gasteiger partial charge in [0.25, 0.3) is 5.56 Å². The predicted octanol–water partition coefficient (Wildman–Crippen LogP) is 2.47. The second kappa shape index (κ2) is 13.6. The monoisotopic (exact) mass is 603 g/mol. The number of ether oxygens (including phenoxy) is 5. The molecule has 44 heavy (non-hydrogen) atoms. The number of aryl methyl sites for hydroxylation is 1. The summed E-state index contributed by atoms with van der Waals surface area (Å²) in [4.78, 5) is 27.1. The molecule has 232 valence electrons. The number of rotatable bonds is 12. The normalized spacial score (nSPS) is 20.0. The third-order valence-corrected chi connectivity index (χ3v) is 7.80. The summed E-state index contributed by atoms with van der Waals surface area (Å²) in [5.74, 6) is 1.37. The summed E-state index contributed by atoms with van der Waals surface area (Å²) in [7, 11) is 3.21. The van der Waals surface area contributed by atoms with Gasteiger partial charge in [-0.15, -0.1) is 0 Å². The van der Waals surface area contributed by atoms with E-state index in [1.165, 1.54) is 10.8 Å². The first-order chi connectivity index (χ1) is 21.3. The van der Waals surface area contributed by atoms with Gasteiger partial charge in [-0.2, -0.15) is 0 Å². The average molecular weight is 604 g/mol. The highest BCUT2D eigenvalue weighted by Crippen LogP contribution is 2.43. The molecule has 0 spiro atoms. The zero-order chi connectivity index (χ0) is 31.3. The fraction of sp³-hybridized carbons (Fsp3) is 0.333. The van der Waals surface area contributed by atoms with E-state index in [0.717, 1.165) is 16.7 Å². The number of nitrogens with two attached hydrogens (primary N) is 1. The van der Waals surface area contributed by atoms with Crippen molar-refractivity contribution in [3.05, 3.63) is 128 Å². The van der Waals surface area contributed by atoms with E-state index in [1.807, 2.05) is 78.9 Å². The van der Waals surface area contributed by atoms with Crippen LogP contribution in [0.1, 0.15) is 28.5 Å². The minimum atomic E-state index is -1.19. The molecule has 5 rings (SSSR count). The summed E-state index contributed by atoms with van der Waals surface area (Å²) >= 11 is 0. The molecule has 4 atom stereocenters. The Balaban J connectivity index is 1.57. The van der Waals surface area contributed by atoms with Crippen molar-refractivity contribution in [2.75, 3.05) is 34.0 Å². The number of hydrogen-bond acceptors (Lipinski definition) is 9. The first-order valence-electron chi connectivity index (χ1n) is 14.3. The molecule has 1 saturated heterocycles. The number of methoxy groups -OCH3 is 2. The topological polar surface area (TPSA) is 147 Å². The molecule has 0 radical (unpaired) electrons. The second-order valence-corrected chi connectivity index (χ2v) is 10.5. The number of aromatic nitrogens is 2. The number of hydrogen-bond donors (Lipinski definition) is 3. The average Bonchev–Trinajstić information content (AvgIpc) is 3.37. The van der Waals surface area contributed by atoms with Gasteiger partial charge >= 0.3 is 5.69 Å². The molecule has 4 N–H and O–H groups in total. The lowest BCUT2D eigenvalue weighted by Gasteiger charge is -2.37. The Morgan fingerprint density at radius 1 is 0.909 bits per heavy atom. The zero-order valence-corrected chi connectivity index (χ0v) is 24.8. The molecule has 0 aliphatic carbocycles. The van der Waals surface area contributed by atoms with Crippen molar-refractivity contribution in [2.24, 2.45) is 5.73 Å². The highest BCUT2D eigenvalue weighted by Gasteiger charge is 2.48. The molecule has 1 aliphatic rings. The standard InChI is InChI=1S/C33H37N3O8/c1-21-19-36(32(39)35-30(21)38)31-29(42-18-17-34)28(37)27(44-31)20-43-33(22-7-5-4-6-8-22,23-9-13-25(40-2)14-10-23)24-11-15-26(41-3)16-12-24/h4-16,19,27-29,31,37H,17-18,20,34H2,1-3H3,(H,35,38,39)/t27-,28-,29-,31-/m1/s1. The molecular weight excluding hydrogens is 566 g/mol. The molecule has 2 heterocycles. The number of aromatic amines is 1. The highest BCUT2D eigenvalue weighted by molar-refractivity contribution is 5.49. The van der Waals surface area contributed by atoms with Crippen LogP contribution in [0, 0.1) is 6.92 Å². The summed E-state index contributed by atoms with van der Waals surface area (Å²) in [5, 5.41) is 11.5. The Hall–Kier alpha value is -4.26. The van der Waals surface area contributed by atoms with Crippen LogP contribution in [0.5, 0.6) is 11.5 Å². The number of nitrogens with zero attached hydrogens (tertiary/aromatic N) is 1. The minimum absolute atomic E-state index is 0.0931. The SMILES string of the molecule is COc1ccc(C(OC[C@H]2O[C@@H](n3cc(C)c(=O)[nH]c3=O)[C@H](OCCN)[C@@H]2O)(c2ccccc2)c2ccc(OC)cc2)cc1. The minimum Gasteiger partial charge on any atom is -0.497 e. The van der Waals surface area contributed by atoms with Gasteiger partial charge < -0.3 is 34.5 Å². The number of H-pyrrole nitrogens is 1. The highest BCUT2D eigenvalue weighted by atomic mass is 16.6. The van der Waals surface area contributed by atoms with E-state index in [-0.39, 0.29) is 19.8 Å². The lowest BCUT2D eigenvalue weighted by atomic mass is 9.80. The molecule has 0 amide bonds. The zero-order valence-electron chi connectivity index (χ0n) is 24.8. The van der Waals surface area contributed by atoms with Crippen LogP contribution in [-0.4, -0.2) is 66.9 Å². The molecule has 0 bridgehead atoms. The van der Waals surface area contributed by atoms with Crippen molar-refractivity contribution in [1.82, 2.24) is 9.55 Å². The first kappa shape index (κ1) is 31.2. The van der Waals surface area contributed by atoms with Crippen LogP contribution in [0.15, 0.2) is 94.6 Å². The van der Waals surface area contributed by atoms with Crippen LogP contribution in [0.25, 0.3) is 0 Å². The van der Waals surface area contributed by atoms with E-state index in [4.69, 9.17) is 29.4 Å². The van der Waals surface area contributed by atoms with Gasteiger partial charge in [0.2, 0.25) is 0 Å². The molecule has 1 fully saturated rings. The largest absolute Gasteiger partial charge is 0.497 e. The van der Waals surface area contributed by atoms with Crippen LogP contribution >= 0.6 is 0 Å². The molecule has 0 unspecified atom stereocenters. The van der Waals surface area contributed by atoms with E-state index >= 15 is 0 Å². The van der Waals surface area contributed by atoms with Crippen LogP contribution < -0.4 is 26.5 Å². The predicted molar refractivity (Wildman–Crippen MR) is 163 cm³/mol. The summed E-state index contributed by atoms with van der Waals surface area (Å²) < 4.78 is 31.1. The van der Waals surface area contributed by atoms with Gasteiger partial charge in [0.05, 0.1) is 27.4 Å². The number of aliphatic hydroxyl groups excluding tert-OH is 1. The third-order valence-electron chi connectivity index (χ3n) is 7.80. The summed E-state index contributed by atoms with van der Waals surface area (Å²) in [5.41, 5.74) is 6.11. The van der Waals surface area contributed by atoms with Gasteiger partial charge in [-0.1, -0.05) is 54.6 Å². The Morgan fingerprint density at radius 2 is 1.48 bits per heavy atom. The van der Waals surface area contributed by atoms with Gasteiger partial charge in [0.15, 0.2) is 6.23 Å². The van der Waals surface area contributed by atoms with Gasteiger partial charge in [-0.25, -0.2) is 4.79 Å². The van der Waals surface area contributed by atoms with Crippen molar-refractivity contribution < 1.29 is 28.8 Å². The Kier molecular flexibility index (Phi) is 9.62. The van der Waals surface area contributed by atoms with Crippen molar-refractivity contribution in [1.29, 1.82) is 0 Å². The molecule has 1 aromatic heterocycles. The van der Waals surface area contributed by atoms with Crippen molar-refractivity contribution in [3.8, 4) is 11.5 Å². The molecular formula is C33H37N3O8. The van der Waals surface area contributed by atoms with E-state index < -0.39 is 41.4 Å². The van der Waals surface area contributed by atoms with Crippen LogP contribution in [0.4, 0.5) is 0 Å². The molecule has 11 nitrogen and oxygen atoms in total. The summed E-state index contributed by atoms with van der Waals surface area (Å²) in [6, 6.07) is 24.9. The fourth-order valence-corrected chi connectivity index (χ4v) is 5.52. The number of aliphatic hydroxyl groups is 1. The maximum absolute atomic E-state index is 12.8. The van der Waals surface area contributed by atoms with Crippen molar-refractivity contribution in [2.45, 2.75) is 37.1 Å².